The number of hydrogen-bond acceptors (Lipinski definition) is 20. The molecule has 2 aliphatic carbocycles. The van der Waals surface area contributed by atoms with Crippen molar-refractivity contribution in [2.75, 3.05) is 140 Å². The lowest BCUT2D eigenvalue weighted by molar-refractivity contribution is -0.142. The number of aliphatic carboxylic acids is 6. The molecular weight excluding hydrogens is 1200 g/mol. The molecule has 1 aromatic heterocycles. The summed E-state index contributed by atoms with van der Waals surface area (Å²) in [5.74, 6) is -4.49. The van der Waals surface area contributed by atoms with Gasteiger partial charge < -0.3 is 66.4 Å². The number of rotatable bonds is 38. The molecule has 6 rings (SSSR count). The highest BCUT2D eigenvalue weighted by atomic mass is 16.5. The van der Waals surface area contributed by atoms with Crippen molar-refractivity contribution in [3.8, 4) is 0 Å². The van der Waals surface area contributed by atoms with Gasteiger partial charge in [0.25, 0.3) is 0 Å². The molecule has 29 heteroatoms. The molecule has 3 heterocycles. The summed E-state index contributed by atoms with van der Waals surface area (Å²) in [5.41, 5.74) is 1.09. The normalized spacial score (nSPS) is 21.6. The molecule has 0 spiro atoms. The van der Waals surface area contributed by atoms with Crippen LogP contribution in [-0.4, -0.2) is 267 Å². The molecule has 3 amide bonds. The number of ether oxygens (including phenoxy) is 1. The third kappa shape index (κ3) is 25.3. The Labute approximate surface area is 546 Å². The van der Waals surface area contributed by atoms with Crippen LogP contribution in [0, 0.1) is 17.3 Å². The average molecular weight is 1310 g/mol. The van der Waals surface area contributed by atoms with Crippen LogP contribution in [0.5, 0.6) is 0 Å². The summed E-state index contributed by atoms with van der Waals surface area (Å²) < 4.78 is 6.76. The summed E-state index contributed by atoms with van der Waals surface area (Å²) >= 11 is 0. The second-order valence-electron chi connectivity index (χ2n) is 26.5. The number of fused-ring (bicyclic) bond motifs is 1. The van der Waals surface area contributed by atoms with Crippen molar-refractivity contribution >= 4 is 71.3 Å². The molecular formula is C64H104N14O15. The fraction of sp³-hybridized carbons (Fsp3) is 0.734. The maximum Gasteiger partial charge on any atom is 0.326 e. The lowest BCUT2D eigenvalue weighted by Gasteiger charge is -2.37. The Hall–Kier alpha value is -7.05. The molecule has 2 aromatic rings. The number of amides is 3. The number of anilines is 4. The summed E-state index contributed by atoms with van der Waals surface area (Å²) in [5, 5.41) is 69.4. The maximum absolute atomic E-state index is 13.1. The molecule has 2 saturated heterocycles. The first-order chi connectivity index (χ1) is 44.3. The van der Waals surface area contributed by atoms with E-state index in [1.165, 1.54) is 0 Å². The average Bonchev–Trinajstić information content (AvgIpc) is 1.51. The van der Waals surface area contributed by atoms with Crippen LogP contribution < -0.4 is 31.1 Å². The highest BCUT2D eigenvalue weighted by Crippen LogP contribution is 2.71. The molecule has 0 radical (unpaired) electrons. The fourth-order valence-electron chi connectivity index (χ4n) is 13.4. The van der Waals surface area contributed by atoms with Crippen LogP contribution in [0.3, 0.4) is 0 Å². The molecule has 2 saturated carbocycles. The van der Waals surface area contributed by atoms with E-state index in [1.807, 2.05) is 43.3 Å². The van der Waals surface area contributed by atoms with Gasteiger partial charge in [0, 0.05) is 117 Å². The van der Waals surface area contributed by atoms with E-state index in [1.54, 1.807) is 19.6 Å². The van der Waals surface area contributed by atoms with Gasteiger partial charge in [-0.15, -0.1) is 0 Å². The van der Waals surface area contributed by atoms with Gasteiger partial charge in [0.2, 0.25) is 23.8 Å². The first-order valence-corrected chi connectivity index (χ1v) is 33.3. The van der Waals surface area contributed by atoms with Crippen molar-refractivity contribution < 1.29 is 73.7 Å². The van der Waals surface area contributed by atoms with Crippen LogP contribution in [0.25, 0.3) is 0 Å². The van der Waals surface area contributed by atoms with E-state index in [2.05, 4.69) is 56.8 Å². The topological polar surface area (TPSA) is 377 Å². The number of unbranched alkanes of at least 4 members (excludes halogenated alkanes) is 8. The summed E-state index contributed by atoms with van der Waals surface area (Å²) in [4.78, 5) is 124. The number of nitrogens with zero attached hydrogens (tertiary/aromatic N) is 10. The number of carbonyl (C=O) groups excluding carboxylic acids is 2. The zero-order valence-electron chi connectivity index (χ0n) is 55.3. The lowest BCUT2D eigenvalue weighted by Crippen LogP contribution is -2.53. The first-order valence-electron chi connectivity index (χ1n) is 33.3. The number of benzene rings is 1. The minimum atomic E-state index is -1.36. The number of hydrogen-bond donors (Lipinski definition) is 10. The predicted molar refractivity (Wildman–Crippen MR) is 348 cm³/mol. The molecule has 2 aliphatic heterocycles. The number of piperazine rings is 1. The smallest absolute Gasteiger partial charge is 0.326 e. The number of nitrogens with one attached hydrogen (secondary N) is 4. The second kappa shape index (κ2) is 37.1. The summed E-state index contributed by atoms with van der Waals surface area (Å²) in [6.07, 6.45) is 12.9. The van der Waals surface area contributed by atoms with Gasteiger partial charge in [-0.25, -0.2) is 9.59 Å². The van der Waals surface area contributed by atoms with Crippen LogP contribution in [-0.2, 0) is 44.7 Å². The Morgan fingerprint density at radius 3 is 1.81 bits per heavy atom. The van der Waals surface area contributed by atoms with Crippen molar-refractivity contribution in [1.29, 1.82) is 0 Å². The molecule has 29 nitrogen and oxygen atoms in total. The SMILES string of the molecule is CC1CCC2C(C)(C)C2(O[C@@H](CCCCNC(=O)CCCCCCCCCCN2CCN(c3nc(Nc4ccc(CC5CN(CC(=O)O)CCN(CC(=O)O)CCN(CC(=O)O)CCN5CC(=O)O)cc4)nc(N(C)C)n3)CC2)NC(=O)N[C@@H](CCC(=O)O)C(=O)O)C1. The van der Waals surface area contributed by atoms with Gasteiger partial charge in [-0.3, -0.25) is 53.3 Å². The lowest BCUT2D eigenvalue weighted by atomic mass is 9.88. The molecule has 520 valence electrons. The second-order valence-corrected chi connectivity index (χ2v) is 26.5. The summed E-state index contributed by atoms with van der Waals surface area (Å²) in [6.45, 7) is 11.4. The van der Waals surface area contributed by atoms with Gasteiger partial charge in [0.15, 0.2) is 0 Å². The maximum atomic E-state index is 13.1. The zero-order chi connectivity index (χ0) is 67.7. The monoisotopic (exact) mass is 1310 g/mol. The Morgan fingerprint density at radius 1 is 0.624 bits per heavy atom. The van der Waals surface area contributed by atoms with Crippen LogP contribution in [0.15, 0.2) is 24.3 Å². The van der Waals surface area contributed by atoms with Gasteiger partial charge in [-0.2, -0.15) is 15.0 Å². The predicted octanol–water partition coefficient (Wildman–Crippen LogP) is 4.25. The van der Waals surface area contributed by atoms with E-state index >= 15 is 0 Å². The molecule has 1 aromatic carbocycles. The van der Waals surface area contributed by atoms with Crippen LogP contribution in [0.1, 0.15) is 135 Å². The van der Waals surface area contributed by atoms with Gasteiger partial charge in [-0.1, -0.05) is 77.8 Å². The standard InChI is InChI=1S/C64H104N14O15/c1-45-18-24-50-63(2,3)64(50,39-45)93-52(68-62(92)67-49(58(90)91)23-25-53(80)81)17-13-14-26-65-51(79)16-12-10-8-6-7-9-11-15-27-73-32-35-77(36-33-73)61-70-59(69-60(71-61)72(4)5)66-47-21-19-46(20-22-47)38-48-40-76(43-56(86)87)31-30-74(41-54(82)83)28-29-75(42-55(84)85)34-37-78(48)44-57(88)89/h19-22,45,48-50,52H,6-18,23-44H2,1-5H3,(H,65,79)(H,80,81)(H,82,83)(H,84,85)(H,86,87)(H,88,89)(H,90,91)(H2,67,68,92)(H,66,69,70,71)/t45?,48?,49-,50?,52-,64?/m0/s1. The van der Waals surface area contributed by atoms with Crippen molar-refractivity contribution in [3.05, 3.63) is 29.8 Å². The third-order valence-corrected chi connectivity index (χ3v) is 18.7. The first kappa shape index (κ1) is 75.0. The van der Waals surface area contributed by atoms with Crippen LogP contribution >= 0.6 is 0 Å². The Morgan fingerprint density at radius 2 is 1.20 bits per heavy atom. The quantitative estimate of drug-likeness (QED) is 0.0332. The number of aromatic nitrogens is 3. The molecule has 0 bridgehead atoms. The molecule has 4 aliphatic rings. The molecule has 93 heavy (non-hydrogen) atoms. The van der Waals surface area contributed by atoms with Crippen LogP contribution in [0.4, 0.5) is 28.3 Å². The number of carbonyl (C=O) groups is 8. The molecule has 4 unspecified atom stereocenters. The minimum absolute atomic E-state index is 0.0182. The van der Waals surface area contributed by atoms with E-state index in [-0.39, 0.29) is 95.3 Å². The number of urea groups is 1. The van der Waals surface area contributed by atoms with Crippen LogP contribution in [0.2, 0.25) is 0 Å². The molecule has 10 N–H and O–H groups in total. The van der Waals surface area contributed by atoms with Gasteiger partial charge >= 0.3 is 41.8 Å². The van der Waals surface area contributed by atoms with Gasteiger partial charge in [0.05, 0.1) is 31.8 Å². The van der Waals surface area contributed by atoms with E-state index in [9.17, 15) is 63.9 Å². The van der Waals surface area contributed by atoms with Crippen molar-refractivity contribution in [2.24, 2.45) is 17.3 Å². The largest absolute Gasteiger partial charge is 0.481 e. The third-order valence-electron chi connectivity index (χ3n) is 18.7. The number of carboxylic acid groups (broad SMARTS) is 6. The highest BCUT2D eigenvalue weighted by molar-refractivity contribution is 5.83. The summed E-state index contributed by atoms with van der Waals surface area (Å²) in [7, 11) is 3.74. The van der Waals surface area contributed by atoms with Gasteiger partial charge in [0.1, 0.15) is 12.3 Å². The number of carboxylic acids is 6. The summed E-state index contributed by atoms with van der Waals surface area (Å²) in [6, 6.07) is 4.96. The van der Waals surface area contributed by atoms with E-state index in [0.29, 0.717) is 74.0 Å². The van der Waals surface area contributed by atoms with E-state index in [0.717, 1.165) is 109 Å². The Bertz CT molecular complexity index is 2760. The molecule has 6 atom stereocenters. The zero-order valence-corrected chi connectivity index (χ0v) is 55.3. The van der Waals surface area contributed by atoms with E-state index in [4.69, 9.17) is 19.8 Å². The Kier molecular flexibility index (Phi) is 30.0. The molecule has 4 fully saturated rings. The highest BCUT2D eigenvalue weighted by Gasteiger charge is 2.73. The van der Waals surface area contributed by atoms with Crippen molar-refractivity contribution in [2.45, 2.75) is 160 Å². The van der Waals surface area contributed by atoms with Crippen molar-refractivity contribution in [3.63, 3.8) is 0 Å². The van der Waals surface area contributed by atoms with Crippen molar-refractivity contribution in [1.82, 2.24) is 55.4 Å². The van der Waals surface area contributed by atoms with Gasteiger partial charge in [-0.05, 0) is 99.3 Å². The van der Waals surface area contributed by atoms with E-state index < -0.39 is 66.6 Å². The minimum Gasteiger partial charge on any atom is -0.481 e. The fourth-order valence-corrected chi connectivity index (χ4v) is 13.4. The Balaban J connectivity index is 0.883.